The van der Waals surface area contributed by atoms with Gasteiger partial charge in [0.2, 0.25) is 12.7 Å². The van der Waals surface area contributed by atoms with Gasteiger partial charge in [0.05, 0.1) is 16.1 Å². The van der Waals surface area contributed by atoms with Crippen molar-refractivity contribution < 1.29 is 19.0 Å². The molecule has 0 unspecified atom stereocenters. The Hall–Kier alpha value is -1.95. The molecule has 2 heterocycles. The first-order chi connectivity index (χ1) is 12.6. The first-order valence-corrected chi connectivity index (χ1v) is 9.09. The molecule has 0 radical (unpaired) electrons. The molecule has 2 aromatic rings. The molecular weight excluding hydrogens is 377 g/mol. The average molecular weight is 394 g/mol. The van der Waals surface area contributed by atoms with Crippen LogP contribution < -0.4 is 14.8 Å². The summed E-state index contributed by atoms with van der Waals surface area (Å²) in [6.45, 7) is 1.13. The van der Waals surface area contributed by atoms with E-state index in [1.54, 1.807) is 18.2 Å². The number of nitrogens with one attached hydrogen (secondary N) is 1. The van der Waals surface area contributed by atoms with Crippen molar-refractivity contribution in [2.24, 2.45) is 0 Å². The van der Waals surface area contributed by atoms with E-state index in [4.69, 9.17) is 37.4 Å². The summed E-state index contributed by atoms with van der Waals surface area (Å²) in [6, 6.07) is 10.8. The van der Waals surface area contributed by atoms with Crippen LogP contribution in [0.3, 0.4) is 0 Å². The van der Waals surface area contributed by atoms with Gasteiger partial charge in [0.15, 0.2) is 11.5 Å². The molecule has 0 atom stereocenters. The summed E-state index contributed by atoms with van der Waals surface area (Å²) in [5.74, 6) is 0.970. The van der Waals surface area contributed by atoms with E-state index in [1.807, 2.05) is 18.2 Å². The highest BCUT2D eigenvalue weighted by atomic mass is 35.5. The van der Waals surface area contributed by atoms with Crippen LogP contribution in [0.5, 0.6) is 11.5 Å². The number of halogens is 2. The maximum atomic E-state index is 13.3. The van der Waals surface area contributed by atoms with E-state index in [0.717, 1.165) is 5.56 Å². The molecular formula is C19H17Cl2NO4. The van der Waals surface area contributed by atoms with Crippen molar-refractivity contribution in [1.82, 2.24) is 0 Å². The van der Waals surface area contributed by atoms with Crippen molar-refractivity contribution in [1.29, 1.82) is 0 Å². The van der Waals surface area contributed by atoms with Gasteiger partial charge in [-0.2, -0.15) is 0 Å². The molecule has 0 spiro atoms. The van der Waals surface area contributed by atoms with Crippen molar-refractivity contribution in [2.75, 3.05) is 25.3 Å². The average Bonchev–Trinajstić information content (AvgIpc) is 3.10. The zero-order valence-electron chi connectivity index (χ0n) is 13.9. The van der Waals surface area contributed by atoms with Crippen LogP contribution in [-0.2, 0) is 14.9 Å². The SMILES string of the molecule is O=C(Nc1cc2c(cc1Cl)OCO2)C1(c2ccccc2Cl)CCOCC1. The number of hydrogen-bond donors (Lipinski definition) is 1. The molecule has 136 valence electrons. The van der Waals surface area contributed by atoms with E-state index >= 15 is 0 Å². The second kappa shape index (κ2) is 6.99. The number of anilines is 1. The lowest BCUT2D eigenvalue weighted by Gasteiger charge is -2.36. The van der Waals surface area contributed by atoms with Gasteiger partial charge in [0.1, 0.15) is 0 Å². The Morgan fingerprint density at radius 2 is 1.69 bits per heavy atom. The standard InChI is InChI=1S/C19H17Cl2NO4/c20-13-4-2-1-3-12(13)19(5-7-24-8-6-19)18(23)22-15-10-17-16(9-14(15)21)25-11-26-17/h1-4,9-10H,5-8,11H2,(H,22,23). The van der Waals surface area contributed by atoms with E-state index in [0.29, 0.717) is 53.3 Å². The largest absolute Gasteiger partial charge is 0.454 e. The lowest BCUT2D eigenvalue weighted by atomic mass is 9.73. The first kappa shape index (κ1) is 17.5. The molecule has 26 heavy (non-hydrogen) atoms. The molecule has 4 rings (SSSR count). The molecule has 1 amide bonds. The molecule has 2 aliphatic rings. The van der Waals surface area contributed by atoms with Crippen LogP contribution in [0.15, 0.2) is 36.4 Å². The van der Waals surface area contributed by atoms with Crippen LogP contribution in [0.4, 0.5) is 5.69 Å². The van der Waals surface area contributed by atoms with Gasteiger partial charge in [0.25, 0.3) is 0 Å². The lowest BCUT2D eigenvalue weighted by molar-refractivity contribution is -0.125. The third-order valence-corrected chi connectivity index (χ3v) is 5.52. The van der Waals surface area contributed by atoms with Crippen molar-refractivity contribution in [3.63, 3.8) is 0 Å². The van der Waals surface area contributed by atoms with Gasteiger partial charge in [-0.05, 0) is 24.5 Å². The van der Waals surface area contributed by atoms with Crippen LogP contribution in [0.2, 0.25) is 10.0 Å². The van der Waals surface area contributed by atoms with Crippen molar-refractivity contribution in [3.8, 4) is 11.5 Å². The summed E-state index contributed by atoms with van der Waals surface area (Å²) < 4.78 is 16.2. The monoisotopic (exact) mass is 393 g/mol. The minimum Gasteiger partial charge on any atom is -0.454 e. The normalized spacial score (nSPS) is 17.8. The van der Waals surface area contributed by atoms with Gasteiger partial charge in [0, 0.05) is 30.4 Å². The number of ether oxygens (including phenoxy) is 3. The molecule has 0 bridgehead atoms. The minimum absolute atomic E-state index is 0.143. The molecule has 0 aromatic heterocycles. The fourth-order valence-electron chi connectivity index (χ4n) is 3.44. The van der Waals surface area contributed by atoms with Crippen LogP contribution >= 0.6 is 23.2 Å². The number of hydrogen-bond acceptors (Lipinski definition) is 4. The van der Waals surface area contributed by atoms with Gasteiger partial charge in [-0.25, -0.2) is 0 Å². The van der Waals surface area contributed by atoms with Gasteiger partial charge < -0.3 is 19.5 Å². The summed E-state index contributed by atoms with van der Waals surface area (Å²) in [4.78, 5) is 13.3. The summed E-state index contributed by atoms with van der Waals surface area (Å²) in [7, 11) is 0. The molecule has 7 heteroatoms. The van der Waals surface area contributed by atoms with E-state index < -0.39 is 5.41 Å². The Balaban J connectivity index is 1.69. The third kappa shape index (κ3) is 3.00. The van der Waals surface area contributed by atoms with Crippen LogP contribution in [-0.4, -0.2) is 25.9 Å². The predicted octanol–water partition coefficient (Wildman–Crippen LogP) is 4.41. The molecule has 1 fully saturated rings. The molecule has 2 aliphatic heterocycles. The Kier molecular flexibility index (Phi) is 4.69. The fourth-order valence-corrected chi connectivity index (χ4v) is 3.96. The van der Waals surface area contributed by atoms with Crippen molar-refractivity contribution in [3.05, 3.63) is 52.0 Å². The van der Waals surface area contributed by atoms with Gasteiger partial charge >= 0.3 is 0 Å². The highest BCUT2D eigenvalue weighted by molar-refractivity contribution is 6.34. The molecule has 0 aliphatic carbocycles. The van der Waals surface area contributed by atoms with E-state index in [2.05, 4.69) is 5.32 Å². The third-order valence-electron chi connectivity index (χ3n) is 4.88. The molecule has 1 saturated heterocycles. The quantitative estimate of drug-likeness (QED) is 0.838. The van der Waals surface area contributed by atoms with Crippen LogP contribution in [0, 0.1) is 0 Å². The number of carbonyl (C=O) groups is 1. The number of carbonyl (C=O) groups excluding carboxylic acids is 1. The number of fused-ring (bicyclic) bond motifs is 1. The topological polar surface area (TPSA) is 56.8 Å². The fraction of sp³-hybridized carbons (Fsp3) is 0.316. The van der Waals surface area contributed by atoms with Gasteiger partial charge in [-0.1, -0.05) is 41.4 Å². The second-order valence-electron chi connectivity index (χ2n) is 6.31. The van der Waals surface area contributed by atoms with Crippen molar-refractivity contribution >= 4 is 34.8 Å². The van der Waals surface area contributed by atoms with Crippen LogP contribution in [0.25, 0.3) is 0 Å². The van der Waals surface area contributed by atoms with Crippen molar-refractivity contribution in [2.45, 2.75) is 18.3 Å². The second-order valence-corrected chi connectivity index (χ2v) is 7.13. The molecule has 1 N–H and O–H groups in total. The molecule has 2 aromatic carbocycles. The Labute approximate surface area is 161 Å². The summed E-state index contributed by atoms with van der Waals surface area (Å²) >= 11 is 12.7. The Morgan fingerprint density at radius 1 is 1.00 bits per heavy atom. The van der Waals surface area contributed by atoms with E-state index in [1.165, 1.54) is 0 Å². The maximum Gasteiger partial charge on any atom is 0.235 e. The van der Waals surface area contributed by atoms with Gasteiger partial charge in [-0.3, -0.25) is 4.79 Å². The zero-order valence-corrected chi connectivity index (χ0v) is 15.4. The number of rotatable bonds is 3. The van der Waals surface area contributed by atoms with E-state index in [-0.39, 0.29) is 12.7 Å². The summed E-state index contributed by atoms with van der Waals surface area (Å²) in [5, 5.41) is 3.92. The van der Waals surface area contributed by atoms with Gasteiger partial charge in [-0.15, -0.1) is 0 Å². The highest BCUT2D eigenvalue weighted by Gasteiger charge is 2.43. The highest BCUT2D eigenvalue weighted by Crippen LogP contribution is 2.42. The smallest absolute Gasteiger partial charge is 0.235 e. The van der Waals surface area contributed by atoms with Crippen LogP contribution in [0.1, 0.15) is 18.4 Å². The molecule has 5 nitrogen and oxygen atoms in total. The summed E-state index contributed by atoms with van der Waals surface area (Å²) in [6.07, 6.45) is 1.09. The van der Waals surface area contributed by atoms with E-state index in [9.17, 15) is 4.79 Å². The number of amides is 1. The molecule has 0 saturated carbocycles. The Morgan fingerprint density at radius 3 is 2.42 bits per heavy atom. The minimum atomic E-state index is -0.768. The predicted molar refractivity (Wildman–Crippen MR) is 99.4 cm³/mol. The maximum absolute atomic E-state index is 13.3. The number of benzene rings is 2. The first-order valence-electron chi connectivity index (χ1n) is 8.33. The summed E-state index contributed by atoms with van der Waals surface area (Å²) in [5.41, 5.74) is 0.522. The zero-order chi connectivity index (χ0) is 18.1. The Bertz CT molecular complexity index is 849. The lowest BCUT2D eigenvalue weighted by Crippen LogP contribution is -2.45.